The molecule has 0 aliphatic heterocycles. The summed E-state index contributed by atoms with van der Waals surface area (Å²) in [6, 6.07) is -2.49. The van der Waals surface area contributed by atoms with Crippen LogP contribution in [0.1, 0.15) is 53.6 Å². The number of hydrogen-bond acceptors (Lipinski definition) is 18. The third kappa shape index (κ3) is 17.3. The summed E-state index contributed by atoms with van der Waals surface area (Å²) in [4.78, 5) is 68.7. The monoisotopic (exact) mass is 717 g/mol. The van der Waals surface area contributed by atoms with Crippen LogP contribution in [-0.4, -0.2) is 126 Å². The van der Waals surface area contributed by atoms with Gasteiger partial charge in [-0.25, -0.2) is 33.4 Å². The summed E-state index contributed by atoms with van der Waals surface area (Å²) in [5, 5.41) is 22.6. The van der Waals surface area contributed by atoms with Crippen LogP contribution in [0.5, 0.6) is 0 Å². The number of nitrogens with one attached hydrogen (secondary N) is 1. The summed E-state index contributed by atoms with van der Waals surface area (Å²) in [5.74, 6) is -4.39. The van der Waals surface area contributed by atoms with Crippen molar-refractivity contribution in [3.63, 3.8) is 0 Å². The van der Waals surface area contributed by atoms with Crippen LogP contribution >= 0.6 is 11.6 Å². The number of aromatic nitrogens is 9. The third-order valence-electron chi connectivity index (χ3n) is 4.73. The molecule has 0 aliphatic carbocycles. The average molecular weight is 718 g/mol. The Balaban J connectivity index is 0.000000663. The van der Waals surface area contributed by atoms with E-state index < -0.39 is 53.3 Å². The third-order valence-corrected chi connectivity index (χ3v) is 5.09. The molecular formula is C27H40ClN9O12. The van der Waals surface area contributed by atoms with Crippen LogP contribution in [0.2, 0.25) is 0 Å². The quantitative estimate of drug-likeness (QED) is 0.102. The number of nitrogens with zero attached hydrogens (tertiary/aromatic N) is 8. The number of H-pyrrole nitrogens is 1. The van der Waals surface area contributed by atoms with Crippen molar-refractivity contribution in [1.29, 1.82) is 0 Å². The van der Waals surface area contributed by atoms with Crippen LogP contribution in [0.25, 0.3) is 0 Å². The molecule has 0 unspecified atom stereocenters. The maximum absolute atomic E-state index is 11.5. The van der Waals surface area contributed by atoms with Crippen molar-refractivity contribution in [3.05, 3.63) is 37.2 Å². The number of carbonyl (C=O) groups is 6. The molecule has 1 N–H and O–H groups in total. The fraction of sp³-hybridized carbons (Fsp3) is 0.556. The lowest BCUT2D eigenvalue weighted by atomic mass is 10.3. The van der Waals surface area contributed by atoms with Crippen molar-refractivity contribution in [1.82, 2.24) is 45.4 Å². The van der Waals surface area contributed by atoms with E-state index >= 15 is 0 Å². The summed E-state index contributed by atoms with van der Waals surface area (Å²) < 4.78 is 29.1. The predicted molar refractivity (Wildman–Crippen MR) is 164 cm³/mol. The van der Waals surface area contributed by atoms with Gasteiger partial charge in [-0.05, 0) is 41.5 Å². The van der Waals surface area contributed by atoms with Gasteiger partial charge in [0.1, 0.15) is 0 Å². The lowest BCUT2D eigenvalue weighted by Gasteiger charge is -2.13. The Bertz CT molecular complexity index is 1200. The van der Waals surface area contributed by atoms with Crippen molar-refractivity contribution < 1.29 is 57.2 Å². The molecule has 0 aromatic carbocycles. The van der Waals surface area contributed by atoms with Gasteiger partial charge in [0, 0.05) is 6.20 Å². The number of hydrogen-bond donors (Lipinski definition) is 1. The van der Waals surface area contributed by atoms with Gasteiger partial charge in [-0.1, -0.05) is 16.8 Å². The molecule has 3 aromatic rings. The summed E-state index contributed by atoms with van der Waals surface area (Å²) in [6.45, 7) is 11.0. The number of aromatic amines is 1. The first-order valence-corrected chi connectivity index (χ1v) is 15.1. The van der Waals surface area contributed by atoms with Crippen molar-refractivity contribution in [2.45, 2.75) is 59.0 Å². The number of alkyl halides is 1. The molecule has 0 bridgehead atoms. The van der Waals surface area contributed by atoms with Gasteiger partial charge in [0.2, 0.25) is 11.4 Å². The Labute approximate surface area is 285 Å². The van der Waals surface area contributed by atoms with E-state index in [1.165, 1.54) is 24.8 Å². The fourth-order valence-corrected chi connectivity index (χ4v) is 3.02. The summed E-state index contributed by atoms with van der Waals surface area (Å²) in [7, 11) is 0. The zero-order chi connectivity index (χ0) is 37.0. The molecule has 0 aliphatic rings. The SMILES string of the molecule is CCOC(=O)C(C(=O)OCC)n1ccnn1.CCOC(=O)C(C(=O)OCC)n1nccn1.CCOC(=O)C(Cl)C(=O)OCC.c1cn[nH]n1. The number of rotatable bonds is 14. The van der Waals surface area contributed by atoms with Gasteiger partial charge in [-0.2, -0.15) is 30.4 Å². The molecule has 21 nitrogen and oxygen atoms in total. The van der Waals surface area contributed by atoms with Crippen LogP contribution in [0.15, 0.2) is 37.2 Å². The van der Waals surface area contributed by atoms with Crippen LogP contribution < -0.4 is 0 Å². The minimum Gasteiger partial charge on any atom is -0.464 e. The van der Waals surface area contributed by atoms with E-state index in [-0.39, 0.29) is 39.6 Å². The molecule has 3 heterocycles. The topological polar surface area (TPSA) is 261 Å². The Morgan fingerprint density at radius 1 is 0.571 bits per heavy atom. The van der Waals surface area contributed by atoms with E-state index in [0.717, 1.165) is 9.48 Å². The number of halogens is 1. The largest absolute Gasteiger partial charge is 0.464 e. The Kier molecular flexibility index (Phi) is 23.6. The van der Waals surface area contributed by atoms with E-state index in [9.17, 15) is 28.8 Å². The molecular weight excluding hydrogens is 678 g/mol. The molecule has 272 valence electrons. The molecule has 3 aromatic heterocycles. The van der Waals surface area contributed by atoms with Crippen molar-refractivity contribution >= 4 is 47.4 Å². The van der Waals surface area contributed by atoms with Gasteiger partial charge in [0.05, 0.1) is 70.6 Å². The second kappa shape index (κ2) is 26.6. The van der Waals surface area contributed by atoms with Gasteiger partial charge < -0.3 is 28.4 Å². The van der Waals surface area contributed by atoms with Crippen LogP contribution in [0.4, 0.5) is 0 Å². The molecule has 0 saturated carbocycles. The van der Waals surface area contributed by atoms with Gasteiger partial charge in [-0.15, -0.1) is 5.10 Å². The molecule has 3 rings (SSSR count). The number of carbonyl (C=O) groups excluding carboxylic acids is 6. The fourth-order valence-electron chi connectivity index (χ4n) is 2.89. The summed E-state index contributed by atoms with van der Waals surface area (Å²) >= 11 is 5.39. The molecule has 49 heavy (non-hydrogen) atoms. The zero-order valence-electron chi connectivity index (χ0n) is 27.8. The maximum atomic E-state index is 11.5. The summed E-state index contributed by atoms with van der Waals surface area (Å²) in [5.41, 5.74) is 0. The first kappa shape index (κ1) is 43.5. The van der Waals surface area contributed by atoms with Gasteiger partial charge in [0.25, 0.3) is 6.04 Å². The minimum atomic E-state index is -1.34. The first-order valence-electron chi connectivity index (χ1n) is 14.7. The Morgan fingerprint density at radius 2 is 0.939 bits per heavy atom. The van der Waals surface area contributed by atoms with Crippen LogP contribution in [0.3, 0.4) is 0 Å². The molecule has 22 heteroatoms. The standard InChI is InChI=1S/2C9H13N3O4.C7H11ClO4.C2H3N3/c1-3-15-8(13)7(9(14)16-4-2)12-6-5-10-11-12;1-3-15-8(13)7(9(14)16-4-2)12-10-5-6-11-12;1-3-11-6(9)5(8)7(10)12-4-2;1-2-4-5-3-1/h2*5-7H,3-4H2,1-2H3;5H,3-4H2,1-2H3;1-2H,(H,3,4,5). The van der Waals surface area contributed by atoms with Crippen LogP contribution in [0, 0.1) is 0 Å². The van der Waals surface area contributed by atoms with Crippen molar-refractivity contribution in [3.8, 4) is 0 Å². The molecule has 0 amide bonds. The second-order valence-corrected chi connectivity index (χ2v) is 8.51. The normalized spacial score (nSPS) is 9.84. The molecule has 0 spiro atoms. The number of ether oxygens (including phenoxy) is 6. The Hall–Kier alpha value is -5.47. The van der Waals surface area contributed by atoms with E-state index in [1.54, 1.807) is 53.9 Å². The molecule has 0 saturated heterocycles. The Morgan fingerprint density at radius 3 is 1.24 bits per heavy atom. The molecule has 0 fully saturated rings. The van der Waals surface area contributed by atoms with E-state index in [2.05, 4.69) is 45.4 Å². The van der Waals surface area contributed by atoms with E-state index in [0.29, 0.717) is 0 Å². The second-order valence-electron chi connectivity index (χ2n) is 8.07. The molecule has 0 atom stereocenters. The minimum absolute atomic E-state index is 0.177. The van der Waals surface area contributed by atoms with Crippen LogP contribution in [-0.2, 0) is 57.2 Å². The van der Waals surface area contributed by atoms with Gasteiger partial charge in [0.15, 0.2) is 0 Å². The van der Waals surface area contributed by atoms with E-state index in [4.69, 9.17) is 30.5 Å². The summed E-state index contributed by atoms with van der Waals surface area (Å²) in [6.07, 6.45) is 8.67. The lowest BCUT2D eigenvalue weighted by Crippen LogP contribution is -2.32. The predicted octanol–water partition coefficient (Wildman–Crippen LogP) is 0.416. The number of esters is 6. The molecule has 0 radical (unpaired) electrons. The first-order chi connectivity index (χ1) is 23.5. The maximum Gasteiger partial charge on any atom is 0.344 e. The van der Waals surface area contributed by atoms with E-state index in [1.807, 2.05) is 0 Å². The van der Waals surface area contributed by atoms with Gasteiger partial charge >= 0.3 is 35.8 Å². The van der Waals surface area contributed by atoms with Crippen molar-refractivity contribution in [2.75, 3.05) is 39.6 Å². The highest BCUT2D eigenvalue weighted by molar-refractivity contribution is 6.39. The lowest BCUT2D eigenvalue weighted by molar-refractivity contribution is -0.162. The zero-order valence-corrected chi connectivity index (χ0v) is 28.5. The smallest absolute Gasteiger partial charge is 0.344 e. The van der Waals surface area contributed by atoms with Crippen molar-refractivity contribution in [2.24, 2.45) is 0 Å². The highest BCUT2D eigenvalue weighted by atomic mass is 35.5. The highest BCUT2D eigenvalue weighted by Gasteiger charge is 2.33. The highest BCUT2D eigenvalue weighted by Crippen LogP contribution is 2.10. The van der Waals surface area contributed by atoms with Gasteiger partial charge in [-0.3, -0.25) is 0 Å². The average Bonchev–Trinajstić information content (AvgIpc) is 3.89.